The zero-order valence-corrected chi connectivity index (χ0v) is 15.0. The van der Waals surface area contributed by atoms with Crippen LogP contribution >= 0.6 is 0 Å². The normalized spacial score (nSPS) is 17.1. The number of aromatic nitrogens is 1. The second-order valence-electron chi connectivity index (χ2n) is 6.31. The summed E-state index contributed by atoms with van der Waals surface area (Å²) in [5.74, 6) is 0. The molecule has 1 saturated heterocycles. The van der Waals surface area contributed by atoms with Crippen molar-refractivity contribution in [1.82, 2.24) is 14.2 Å². The summed E-state index contributed by atoms with van der Waals surface area (Å²) in [5.41, 5.74) is 3.05. The molecule has 0 N–H and O–H groups in total. The van der Waals surface area contributed by atoms with E-state index in [0.29, 0.717) is 18.0 Å². The second kappa shape index (κ2) is 7.01. The van der Waals surface area contributed by atoms with E-state index in [0.717, 1.165) is 36.3 Å². The Bertz CT molecular complexity index is 798. The van der Waals surface area contributed by atoms with Gasteiger partial charge >= 0.3 is 0 Å². The van der Waals surface area contributed by atoms with Gasteiger partial charge in [-0.15, -0.1) is 0 Å². The highest BCUT2D eigenvalue weighted by Gasteiger charge is 2.29. The van der Waals surface area contributed by atoms with E-state index in [1.165, 1.54) is 0 Å². The van der Waals surface area contributed by atoms with Crippen molar-refractivity contribution in [2.45, 2.75) is 25.3 Å². The van der Waals surface area contributed by atoms with Crippen LogP contribution in [-0.2, 0) is 16.6 Å². The molecule has 0 saturated carbocycles. The fourth-order valence-corrected chi connectivity index (χ4v) is 4.73. The van der Waals surface area contributed by atoms with Crippen LogP contribution in [0.25, 0.3) is 0 Å². The van der Waals surface area contributed by atoms with E-state index in [1.54, 1.807) is 16.6 Å². The monoisotopic (exact) mass is 345 g/mol. The van der Waals surface area contributed by atoms with E-state index in [4.69, 9.17) is 0 Å². The Kier molecular flexibility index (Phi) is 4.99. The summed E-state index contributed by atoms with van der Waals surface area (Å²) in [6, 6.07) is 9.48. The van der Waals surface area contributed by atoms with Crippen LogP contribution in [0.15, 0.2) is 47.6 Å². The molecule has 2 aromatic rings. The summed E-state index contributed by atoms with van der Waals surface area (Å²) >= 11 is 0. The van der Waals surface area contributed by atoms with Crippen molar-refractivity contribution >= 4 is 10.0 Å². The molecule has 0 atom stereocenters. The maximum absolute atomic E-state index is 12.9. The summed E-state index contributed by atoms with van der Waals surface area (Å²) in [4.78, 5) is 6.82. The van der Waals surface area contributed by atoms with Crippen LogP contribution in [0.5, 0.6) is 0 Å². The zero-order valence-electron chi connectivity index (χ0n) is 14.1. The predicted octanol–water partition coefficient (Wildman–Crippen LogP) is 2.20. The van der Waals surface area contributed by atoms with Crippen LogP contribution in [-0.4, -0.2) is 48.8 Å². The van der Waals surface area contributed by atoms with Crippen molar-refractivity contribution in [2.75, 3.05) is 26.2 Å². The van der Waals surface area contributed by atoms with Crippen molar-refractivity contribution in [3.8, 4) is 0 Å². The van der Waals surface area contributed by atoms with E-state index >= 15 is 0 Å². The molecule has 1 aromatic heterocycles. The van der Waals surface area contributed by atoms with Gasteiger partial charge in [-0.2, -0.15) is 4.31 Å². The lowest BCUT2D eigenvalue weighted by molar-refractivity contribution is 0.181. The minimum Gasteiger partial charge on any atom is -0.296 e. The highest BCUT2D eigenvalue weighted by atomic mass is 32.2. The molecule has 1 aliphatic rings. The lowest BCUT2D eigenvalue weighted by Crippen LogP contribution is -2.48. The molecule has 1 aliphatic heterocycles. The summed E-state index contributed by atoms with van der Waals surface area (Å²) in [6.07, 6.45) is 3.62. The fraction of sp³-hybridized carbons (Fsp3) is 0.389. The van der Waals surface area contributed by atoms with Crippen molar-refractivity contribution < 1.29 is 8.42 Å². The number of sulfonamides is 1. The molecule has 128 valence electrons. The first-order valence-electron chi connectivity index (χ1n) is 8.15. The van der Waals surface area contributed by atoms with E-state index in [1.807, 2.05) is 44.3 Å². The highest BCUT2D eigenvalue weighted by molar-refractivity contribution is 7.89. The van der Waals surface area contributed by atoms with Crippen LogP contribution < -0.4 is 0 Å². The lowest BCUT2D eigenvalue weighted by Gasteiger charge is -2.34. The molecule has 6 heteroatoms. The van der Waals surface area contributed by atoms with Crippen LogP contribution in [0.4, 0.5) is 0 Å². The van der Waals surface area contributed by atoms with Gasteiger partial charge in [0.05, 0.1) is 4.90 Å². The molecule has 2 heterocycles. The van der Waals surface area contributed by atoms with Gasteiger partial charge in [0.15, 0.2) is 0 Å². The number of pyridine rings is 1. The molecule has 1 aromatic carbocycles. The number of hydrogen-bond donors (Lipinski definition) is 0. The molecule has 0 amide bonds. The first-order chi connectivity index (χ1) is 11.5. The smallest absolute Gasteiger partial charge is 0.243 e. The van der Waals surface area contributed by atoms with Gasteiger partial charge in [0.25, 0.3) is 0 Å². The quantitative estimate of drug-likeness (QED) is 0.852. The number of nitrogens with zero attached hydrogens (tertiary/aromatic N) is 3. The summed E-state index contributed by atoms with van der Waals surface area (Å²) in [5, 5.41) is 0. The van der Waals surface area contributed by atoms with Gasteiger partial charge in [-0.25, -0.2) is 8.42 Å². The fourth-order valence-electron chi connectivity index (χ4n) is 3.11. The van der Waals surface area contributed by atoms with Gasteiger partial charge in [0.2, 0.25) is 10.0 Å². The maximum Gasteiger partial charge on any atom is 0.243 e. The molecule has 3 rings (SSSR count). The van der Waals surface area contributed by atoms with Crippen LogP contribution in [0, 0.1) is 13.8 Å². The van der Waals surface area contributed by atoms with Gasteiger partial charge in [-0.3, -0.25) is 9.88 Å². The van der Waals surface area contributed by atoms with Crippen molar-refractivity contribution in [3.63, 3.8) is 0 Å². The van der Waals surface area contributed by atoms with E-state index in [2.05, 4.69) is 9.88 Å². The number of benzene rings is 1. The Morgan fingerprint density at radius 2 is 1.83 bits per heavy atom. The van der Waals surface area contributed by atoms with Crippen molar-refractivity contribution in [1.29, 1.82) is 0 Å². The average molecular weight is 345 g/mol. The van der Waals surface area contributed by atoms with Crippen LogP contribution in [0.3, 0.4) is 0 Å². The van der Waals surface area contributed by atoms with Gasteiger partial charge in [0, 0.05) is 45.1 Å². The average Bonchev–Trinajstić information content (AvgIpc) is 2.56. The summed E-state index contributed by atoms with van der Waals surface area (Å²) in [7, 11) is -3.41. The minimum atomic E-state index is -3.41. The molecule has 0 unspecified atom stereocenters. The SMILES string of the molecule is Cc1ccc(S(=O)(=O)N2CCN(Cc3cccnc3)CC2)c(C)c1. The number of aryl methyl sites for hydroxylation is 2. The Labute approximate surface area is 144 Å². The largest absolute Gasteiger partial charge is 0.296 e. The molecule has 1 fully saturated rings. The number of hydrogen-bond acceptors (Lipinski definition) is 4. The Morgan fingerprint density at radius 3 is 2.46 bits per heavy atom. The van der Waals surface area contributed by atoms with Gasteiger partial charge in [-0.1, -0.05) is 23.8 Å². The maximum atomic E-state index is 12.9. The standard InChI is InChI=1S/C18H23N3O2S/c1-15-5-6-18(16(2)12-15)24(22,23)21-10-8-20(9-11-21)14-17-4-3-7-19-13-17/h3-7,12-13H,8-11,14H2,1-2H3. The Morgan fingerprint density at radius 1 is 1.08 bits per heavy atom. The van der Waals surface area contributed by atoms with Crippen LogP contribution in [0.2, 0.25) is 0 Å². The molecule has 0 radical (unpaired) electrons. The molecule has 5 nitrogen and oxygen atoms in total. The third-order valence-corrected chi connectivity index (χ3v) is 6.47. The Hall–Kier alpha value is -1.76. The molecular weight excluding hydrogens is 322 g/mol. The zero-order chi connectivity index (χ0) is 17.2. The highest BCUT2D eigenvalue weighted by Crippen LogP contribution is 2.22. The first kappa shape index (κ1) is 17.1. The van der Waals surface area contributed by atoms with Gasteiger partial charge in [0.1, 0.15) is 0 Å². The summed E-state index contributed by atoms with van der Waals surface area (Å²) in [6.45, 7) is 7.16. The third kappa shape index (κ3) is 3.66. The lowest BCUT2D eigenvalue weighted by atomic mass is 10.2. The molecule has 0 bridgehead atoms. The second-order valence-corrected chi connectivity index (χ2v) is 8.22. The molecule has 24 heavy (non-hydrogen) atoms. The van der Waals surface area contributed by atoms with Gasteiger partial charge < -0.3 is 0 Å². The molecule has 0 spiro atoms. The van der Waals surface area contributed by atoms with Gasteiger partial charge in [-0.05, 0) is 37.1 Å². The number of piperazine rings is 1. The van der Waals surface area contributed by atoms with E-state index in [9.17, 15) is 8.42 Å². The predicted molar refractivity (Wildman–Crippen MR) is 94.2 cm³/mol. The molecule has 0 aliphatic carbocycles. The van der Waals surface area contributed by atoms with Crippen molar-refractivity contribution in [3.05, 3.63) is 59.4 Å². The van der Waals surface area contributed by atoms with Crippen LogP contribution in [0.1, 0.15) is 16.7 Å². The summed E-state index contributed by atoms with van der Waals surface area (Å²) < 4.78 is 27.4. The molecular formula is C18H23N3O2S. The van der Waals surface area contributed by atoms with Crippen molar-refractivity contribution in [2.24, 2.45) is 0 Å². The Balaban J connectivity index is 1.67. The third-order valence-electron chi connectivity index (χ3n) is 4.41. The van der Waals surface area contributed by atoms with E-state index < -0.39 is 10.0 Å². The first-order valence-corrected chi connectivity index (χ1v) is 9.59. The minimum absolute atomic E-state index is 0.425. The topological polar surface area (TPSA) is 53.5 Å². The number of rotatable bonds is 4. The van der Waals surface area contributed by atoms with E-state index in [-0.39, 0.29) is 0 Å².